The average molecular weight is 754 g/mol. The summed E-state index contributed by atoms with van der Waals surface area (Å²) >= 11 is 0. The number of ketones is 3. The molecule has 0 bridgehead atoms. The Bertz CT molecular complexity index is 1780. The summed E-state index contributed by atoms with van der Waals surface area (Å²) in [4.78, 5) is 41.2. The molecule has 0 saturated carbocycles. The first-order valence-corrected chi connectivity index (χ1v) is 18.9. The van der Waals surface area contributed by atoms with Gasteiger partial charge in [0.2, 0.25) is 5.78 Å². The quantitative estimate of drug-likeness (QED) is 0.262. The second kappa shape index (κ2) is 15.0. The largest absolute Gasteiger partial charge is 0.507 e. The third-order valence-electron chi connectivity index (χ3n) is 11.8. The summed E-state index contributed by atoms with van der Waals surface area (Å²) in [6.07, 6.45) is -4.99. The van der Waals surface area contributed by atoms with Crippen LogP contribution in [0.5, 0.6) is 11.5 Å². The number of nitrogens with zero attached hydrogens (tertiary/aromatic N) is 1. The van der Waals surface area contributed by atoms with Crippen molar-refractivity contribution in [1.29, 1.82) is 0 Å². The third-order valence-corrected chi connectivity index (χ3v) is 11.8. The molecule has 5 aliphatic rings. The molecule has 294 valence electrons. The van der Waals surface area contributed by atoms with Gasteiger partial charge in [-0.2, -0.15) is 0 Å². The van der Waals surface area contributed by atoms with E-state index in [0.29, 0.717) is 36.8 Å². The van der Waals surface area contributed by atoms with E-state index in [-0.39, 0.29) is 59.1 Å². The van der Waals surface area contributed by atoms with Crippen LogP contribution in [0.2, 0.25) is 0 Å². The molecule has 3 aliphatic heterocycles. The van der Waals surface area contributed by atoms with E-state index in [4.69, 9.17) is 28.4 Å². The number of aliphatic hydroxyl groups excluding tert-OH is 1. The Morgan fingerprint density at radius 1 is 0.870 bits per heavy atom. The topological polar surface area (TPSA) is 191 Å². The predicted molar refractivity (Wildman–Crippen MR) is 190 cm³/mol. The van der Waals surface area contributed by atoms with Crippen LogP contribution in [-0.2, 0) is 39.6 Å². The highest BCUT2D eigenvalue weighted by Gasteiger charge is 2.48. The Morgan fingerprint density at radius 2 is 1.56 bits per heavy atom. The van der Waals surface area contributed by atoms with Crippen molar-refractivity contribution in [3.8, 4) is 11.5 Å². The summed E-state index contributed by atoms with van der Waals surface area (Å²) in [5, 5.41) is 45.1. The van der Waals surface area contributed by atoms with Gasteiger partial charge in [0.1, 0.15) is 29.8 Å². The molecule has 0 unspecified atom stereocenters. The lowest BCUT2D eigenvalue weighted by Gasteiger charge is -2.47. The van der Waals surface area contributed by atoms with Crippen LogP contribution in [0.3, 0.4) is 0 Å². The molecule has 2 aromatic carbocycles. The summed E-state index contributed by atoms with van der Waals surface area (Å²) in [7, 11) is 3.82. The number of ether oxygens (including phenoxy) is 6. The summed E-state index contributed by atoms with van der Waals surface area (Å²) in [5.41, 5.74) is -0.723. The van der Waals surface area contributed by atoms with Crippen LogP contribution >= 0.6 is 0 Å². The molecule has 3 fully saturated rings. The van der Waals surface area contributed by atoms with Gasteiger partial charge in [0, 0.05) is 61.3 Å². The lowest BCUT2D eigenvalue weighted by molar-refractivity contribution is -0.324. The van der Waals surface area contributed by atoms with Gasteiger partial charge in [-0.1, -0.05) is 19.1 Å². The average Bonchev–Trinajstić information content (AvgIpc) is 3.10. The molecule has 14 nitrogen and oxygen atoms in total. The monoisotopic (exact) mass is 753 g/mol. The third kappa shape index (κ3) is 7.12. The lowest BCUT2D eigenvalue weighted by Crippen LogP contribution is -2.58. The van der Waals surface area contributed by atoms with E-state index in [1.165, 1.54) is 18.2 Å². The zero-order chi connectivity index (χ0) is 38.8. The number of benzene rings is 2. The number of rotatable bonds is 8. The van der Waals surface area contributed by atoms with E-state index < -0.39 is 84.5 Å². The minimum absolute atomic E-state index is 0.0133. The Labute approximate surface area is 314 Å². The van der Waals surface area contributed by atoms with Gasteiger partial charge in [-0.15, -0.1) is 0 Å². The molecule has 4 N–H and O–H groups in total. The van der Waals surface area contributed by atoms with Crippen LogP contribution in [0.1, 0.15) is 115 Å². The van der Waals surface area contributed by atoms with Gasteiger partial charge in [-0.05, 0) is 59.0 Å². The van der Waals surface area contributed by atoms with Crippen molar-refractivity contribution in [3.63, 3.8) is 0 Å². The molecule has 3 heterocycles. The van der Waals surface area contributed by atoms with Crippen molar-refractivity contribution < 1.29 is 63.2 Å². The lowest BCUT2D eigenvalue weighted by atomic mass is 9.73. The highest BCUT2D eigenvalue weighted by Crippen LogP contribution is 2.49. The second-order valence-corrected chi connectivity index (χ2v) is 15.7. The molecule has 0 radical (unpaired) electrons. The molecule has 2 aromatic rings. The van der Waals surface area contributed by atoms with Gasteiger partial charge in [0.25, 0.3) is 0 Å². The zero-order valence-electron chi connectivity index (χ0n) is 31.5. The summed E-state index contributed by atoms with van der Waals surface area (Å²) in [6, 6.07) is 5.59. The number of fused-ring (bicyclic) bond motifs is 3. The first-order valence-electron chi connectivity index (χ1n) is 18.9. The van der Waals surface area contributed by atoms with Crippen LogP contribution in [0.15, 0.2) is 24.3 Å². The highest BCUT2D eigenvalue weighted by molar-refractivity contribution is 6.30. The van der Waals surface area contributed by atoms with E-state index in [9.17, 15) is 34.8 Å². The van der Waals surface area contributed by atoms with E-state index in [0.717, 1.165) is 0 Å². The first-order chi connectivity index (χ1) is 25.6. The molecule has 2 aliphatic carbocycles. The molecule has 14 heteroatoms. The molecule has 7 rings (SSSR count). The maximum Gasteiger partial charge on any atom is 0.201 e. The van der Waals surface area contributed by atoms with Crippen molar-refractivity contribution in [1.82, 2.24) is 4.90 Å². The van der Waals surface area contributed by atoms with Crippen LogP contribution in [-0.4, -0.2) is 124 Å². The number of aliphatic hydroxyl groups is 2. The van der Waals surface area contributed by atoms with Crippen LogP contribution in [0.4, 0.5) is 0 Å². The number of likely N-dealkylation sites (N-methyl/N-ethyl adjacent to an activating group) is 1. The minimum Gasteiger partial charge on any atom is -0.507 e. The van der Waals surface area contributed by atoms with Gasteiger partial charge < -0.3 is 53.7 Å². The number of aromatic hydroxyl groups is 2. The van der Waals surface area contributed by atoms with Gasteiger partial charge >= 0.3 is 0 Å². The minimum atomic E-state index is -1.22. The van der Waals surface area contributed by atoms with Crippen LogP contribution in [0, 0.1) is 0 Å². The number of carbonyl (C=O) groups is 3. The molecule has 0 spiro atoms. The summed E-state index contributed by atoms with van der Waals surface area (Å²) in [6.45, 7) is 7.19. The second-order valence-electron chi connectivity index (χ2n) is 15.7. The molecule has 12 atom stereocenters. The van der Waals surface area contributed by atoms with Crippen molar-refractivity contribution >= 4 is 17.3 Å². The number of phenols is 2. The molecule has 3 saturated heterocycles. The van der Waals surface area contributed by atoms with Crippen LogP contribution < -0.4 is 0 Å². The SMILES string of the molecule is CC[C@]1(O)Cc2cc3c(c(O)c2[C@@H](O[C@H]2C[C@@H](N(C)C)[C@H](O[C@H]4C[C@@H](O)[C@@H](O[C@H]5CCC(=O)[C@H](C)O5)[C@@H](C)O4)[C@@H](C)O2)C1)C(=O)c1c(O)cccc1C3=O. The number of carbonyl (C=O) groups excluding carboxylic acids is 3. The molecule has 0 aromatic heterocycles. The first kappa shape index (κ1) is 38.9. The Kier molecular flexibility index (Phi) is 10.8. The maximum atomic E-state index is 13.7. The fourth-order valence-corrected chi connectivity index (χ4v) is 8.73. The fourth-order valence-electron chi connectivity index (χ4n) is 8.73. The van der Waals surface area contributed by atoms with Crippen molar-refractivity contribution in [2.24, 2.45) is 0 Å². The normalized spacial score (nSPS) is 36.8. The van der Waals surface area contributed by atoms with Crippen LogP contribution in [0.25, 0.3) is 0 Å². The van der Waals surface area contributed by atoms with E-state index in [1.54, 1.807) is 19.9 Å². The number of hydrogen-bond acceptors (Lipinski definition) is 14. The van der Waals surface area contributed by atoms with Gasteiger partial charge in [0.05, 0.1) is 41.1 Å². The number of Topliss-reactive ketones (excluding diaryl/α,β-unsaturated/α-hetero) is 1. The highest BCUT2D eigenvalue weighted by atomic mass is 16.7. The van der Waals surface area contributed by atoms with Crippen molar-refractivity contribution in [2.75, 3.05) is 14.1 Å². The van der Waals surface area contributed by atoms with Crippen molar-refractivity contribution in [3.05, 3.63) is 57.6 Å². The molecule has 54 heavy (non-hydrogen) atoms. The van der Waals surface area contributed by atoms with E-state index in [2.05, 4.69) is 0 Å². The standard InChI is InChI=1S/C40H51NO13/c1-7-40(48)16-21-13-23-34(37(47)33-22(35(23)45)9-8-10-26(33)43)36(46)32(21)28(17-40)52-30-14-24(41(5)6)38(19(3)50-30)54-31-15-27(44)39(20(4)51-31)53-29-12-11-25(42)18(2)49-29/h8-10,13,18-20,24,27-31,38-39,43-44,46,48H,7,11-12,14-17H2,1-6H3/t18-,19+,20+,24+,27+,28-,29-,30-,31-,38+,39-,40-/m0/s1. The number of phenolic OH excluding ortho intramolecular Hbond substituents is 2. The smallest absolute Gasteiger partial charge is 0.201 e. The molecule has 0 amide bonds. The summed E-state index contributed by atoms with van der Waals surface area (Å²) < 4.78 is 37.5. The summed E-state index contributed by atoms with van der Waals surface area (Å²) in [5.74, 6) is -1.91. The van der Waals surface area contributed by atoms with E-state index >= 15 is 0 Å². The fraction of sp³-hybridized carbons (Fsp3) is 0.625. The number of hydrogen-bond donors (Lipinski definition) is 4. The Balaban J connectivity index is 1.08. The van der Waals surface area contributed by atoms with Gasteiger partial charge in [-0.3, -0.25) is 14.4 Å². The zero-order valence-corrected chi connectivity index (χ0v) is 31.5. The Morgan fingerprint density at radius 3 is 2.22 bits per heavy atom. The van der Waals surface area contributed by atoms with E-state index in [1.807, 2.05) is 32.8 Å². The van der Waals surface area contributed by atoms with Gasteiger partial charge in [-0.25, -0.2) is 0 Å². The maximum absolute atomic E-state index is 13.7. The van der Waals surface area contributed by atoms with Crippen molar-refractivity contribution in [2.45, 2.75) is 146 Å². The predicted octanol–water partition coefficient (Wildman–Crippen LogP) is 3.44. The van der Waals surface area contributed by atoms with Gasteiger partial charge in [0.15, 0.2) is 30.4 Å². The Hall–Kier alpha value is -3.31. The molecular weight excluding hydrogens is 702 g/mol. The molecular formula is C40H51NO13.